The average molecular weight is 257 g/mol. The SMILES string of the molecule is CN(c1ncnc2cc(C(=O)O)ccc12)C1CCC1. The van der Waals surface area contributed by atoms with Gasteiger partial charge in [0.2, 0.25) is 0 Å². The van der Waals surface area contributed by atoms with Crippen LogP contribution in [-0.2, 0) is 0 Å². The molecule has 0 bridgehead atoms. The Morgan fingerprint density at radius 1 is 1.37 bits per heavy atom. The van der Waals surface area contributed by atoms with Crippen LogP contribution in [0.15, 0.2) is 24.5 Å². The molecule has 2 aromatic rings. The zero-order valence-electron chi connectivity index (χ0n) is 10.7. The molecule has 1 aliphatic rings. The summed E-state index contributed by atoms with van der Waals surface area (Å²) in [7, 11) is 2.04. The first-order valence-corrected chi connectivity index (χ1v) is 6.37. The Labute approximate surface area is 110 Å². The fraction of sp³-hybridized carbons (Fsp3) is 0.357. The van der Waals surface area contributed by atoms with E-state index in [0.29, 0.717) is 11.6 Å². The van der Waals surface area contributed by atoms with Gasteiger partial charge in [-0.05, 0) is 37.5 Å². The third kappa shape index (κ3) is 2.01. The number of carbonyl (C=O) groups is 1. The van der Waals surface area contributed by atoms with Crippen LogP contribution in [0.2, 0.25) is 0 Å². The van der Waals surface area contributed by atoms with E-state index >= 15 is 0 Å². The highest BCUT2D eigenvalue weighted by Gasteiger charge is 2.24. The van der Waals surface area contributed by atoms with Crippen LogP contribution in [-0.4, -0.2) is 34.1 Å². The summed E-state index contributed by atoms with van der Waals surface area (Å²) in [6.45, 7) is 0. The van der Waals surface area contributed by atoms with Gasteiger partial charge in [-0.2, -0.15) is 0 Å². The van der Waals surface area contributed by atoms with E-state index in [4.69, 9.17) is 5.11 Å². The molecule has 1 fully saturated rings. The van der Waals surface area contributed by atoms with E-state index in [9.17, 15) is 4.79 Å². The lowest BCUT2D eigenvalue weighted by molar-refractivity contribution is 0.0697. The highest BCUT2D eigenvalue weighted by molar-refractivity contribution is 5.96. The van der Waals surface area contributed by atoms with Gasteiger partial charge in [0.1, 0.15) is 12.1 Å². The van der Waals surface area contributed by atoms with Gasteiger partial charge in [0.25, 0.3) is 0 Å². The summed E-state index contributed by atoms with van der Waals surface area (Å²) < 4.78 is 0. The molecule has 1 aliphatic carbocycles. The third-order valence-corrected chi connectivity index (χ3v) is 3.82. The molecule has 0 aliphatic heterocycles. The Kier molecular flexibility index (Phi) is 2.81. The summed E-state index contributed by atoms with van der Waals surface area (Å²) >= 11 is 0. The molecule has 0 atom stereocenters. The number of carboxylic acids is 1. The summed E-state index contributed by atoms with van der Waals surface area (Å²) in [5.74, 6) is -0.0546. The molecule has 0 amide bonds. The zero-order chi connectivity index (χ0) is 13.4. The van der Waals surface area contributed by atoms with Crippen LogP contribution < -0.4 is 4.90 Å². The van der Waals surface area contributed by atoms with Crippen molar-refractivity contribution in [3.8, 4) is 0 Å². The second-order valence-corrected chi connectivity index (χ2v) is 4.93. The lowest BCUT2D eigenvalue weighted by atomic mass is 9.92. The topological polar surface area (TPSA) is 66.3 Å². The molecule has 5 heteroatoms. The van der Waals surface area contributed by atoms with Crippen molar-refractivity contribution in [1.82, 2.24) is 9.97 Å². The maximum absolute atomic E-state index is 11.0. The van der Waals surface area contributed by atoms with Gasteiger partial charge in [-0.3, -0.25) is 0 Å². The van der Waals surface area contributed by atoms with Crippen molar-refractivity contribution >= 4 is 22.7 Å². The number of carboxylic acid groups (broad SMARTS) is 1. The highest BCUT2D eigenvalue weighted by atomic mass is 16.4. The summed E-state index contributed by atoms with van der Waals surface area (Å²) in [6, 6.07) is 5.53. The lowest BCUT2D eigenvalue weighted by Gasteiger charge is -2.35. The molecule has 1 aromatic carbocycles. The molecule has 19 heavy (non-hydrogen) atoms. The molecule has 0 saturated heterocycles. The van der Waals surface area contributed by atoms with Crippen LogP contribution in [0.4, 0.5) is 5.82 Å². The molecule has 0 radical (unpaired) electrons. The summed E-state index contributed by atoms with van der Waals surface area (Å²) in [6.07, 6.45) is 5.14. The third-order valence-electron chi connectivity index (χ3n) is 3.82. The molecule has 0 spiro atoms. The van der Waals surface area contributed by atoms with Gasteiger partial charge in [-0.15, -0.1) is 0 Å². The van der Waals surface area contributed by atoms with Crippen LogP contribution in [0.25, 0.3) is 10.9 Å². The number of anilines is 1. The number of hydrogen-bond acceptors (Lipinski definition) is 4. The minimum absolute atomic E-state index is 0.253. The maximum Gasteiger partial charge on any atom is 0.335 e. The van der Waals surface area contributed by atoms with Crippen LogP contribution in [0.5, 0.6) is 0 Å². The predicted molar refractivity (Wildman–Crippen MR) is 72.5 cm³/mol. The second kappa shape index (κ2) is 4.50. The van der Waals surface area contributed by atoms with E-state index in [2.05, 4.69) is 14.9 Å². The Hall–Kier alpha value is -2.17. The summed E-state index contributed by atoms with van der Waals surface area (Å²) in [5.41, 5.74) is 0.930. The van der Waals surface area contributed by atoms with Gasteiger partial charge in [0.05, 0.1) is 11.1 Å². The first-order chi connectivity index (χ1) is 9.16. The van der Waals surface area contributed by atoms with Gasteiger partial charge >= 0.3 is 5.97 Å². The Balaban J connectivity index is 2.07. The molecule has 1 N–H and O–H groups in total. The predicted octanol–water partition coefficient (Wildman–Crippen LogP) is 2.32. The van der Waals surface area contributed by atoms with Crippen molar-refractivity contribution in [3.63, 3.8) is 0 Å². The van der Waals surface area contributed by atoms with Crippen LogP contribution >= 0.6 is 0 Å². The van der Waals surface area contributed by atoms with Crippen molar-refractivity contribution in [3.05, 3.63) is 30.1 Å². The Morgan fingerprint density at radius 3 is 2.79 bits per heavy atom. The summed E-state index contributed by atoms with van der Waals surface area (Å²) in [5, 5.41) is 9.91. The molecule has 1 aromatic heterocycles. The quantitative estimate of drug-likeness (QED) is 0.914. The van der Waals surface area contributed by atoms with Gasteiger partial charge in [-0.1, -0.05) is 0 Å². The number of aromatic carboxylic acids is 1. The molecule has 1 saturated carbocycles. The number of rotatable bonds is 3. The monoisotopic (exact) mass is 257 g/mol. The fourth-order valence-electron chi connectivity index (χ4n) is 2.40. The Bertz CT molecular complexity index is 638. The van der Waals surface area contributed by atoms with Gasteiger partial charge in [0.15, 0.2) is 0 Å². The highest BCUT2D eigenvalue weighted by Crippen LogP contribution is 2.30. The molecular weight excluding hydrogens is 242 g/mol. The minimum atomic E-state index is -0.936. The largest absolute Gasteiger partial charge is 0.478 e. The summed E-state index contributed by atoms with van der Waals surface area (Å²) in [4.78, 5) is 21.7. The standard InChI is InChI=1S/C14H15N3O2/c1-17(10-3-2-4-10)13-11-6-5-9(14(18)19)7-12(11)15-8-16-13/h5-8,10H,2-4H2,1H3,(H,18,19). The van der Waals surface area contributed by atoms with Crippen molar-refractivity contribution in [2.75, 3.05) is 11.9 Å². The van der Waals surface area contributed by atoms with Gasteiger partial charge < -0.3 is 10.0 Å². The second-order valence-electron chi connectivity index (χ2n) is 4.93. The Morgan fingerprint density at radius 2 is 2.16 bits per heavy atom. The number of nitrogens with zero attached hydrogens (tertiary/aromatic N) is 3. The zero-order valence-corrected chi connectivity index (χ0v) is 10.7. The van der Waals surface area contributed by atoms with Gasteiger partial charge in [0, 0.05) is 18.5 Å². The van der Waals surface area contributed by atoms with Crippen molar-refractivity contribution in [1.29, 1.82) is 0 Å². The first kappa shape index (κ1) is 11.9. The number of hydrogen-bond donors (Lipinski definition) is 1. The van der Waals surface area contributed by atoms with E-state index in [1.54, 1.807) is 18.2 Å². The van der Waals surface area contributed by atoms with Crippen molar-refractivity contribution < 1.29 is 9.90 Å². The molecule has 98 valence electrons. The van der Waals surface area contributed by atoms with Crippen molar-refractivity contribution in [2.45, 2.75) is 25.3 Å². The fourth-order valence-corrected chi connectivity index (χ4v) is 2.40. The maximum atomic E-state index is 11.0. The molecule has 3 rings (SSSR count). The van der Waals surface area contributed by atoms with E-state index in [1.807, 2.05) is 7.05 Å². The molecular formula is C14H15N3O2. The molecule has 5 nitrogen and oxygen atoms in total. The lowest BCUT2D eigenvalue weighted by Crippen LogP contribution is -2.37. The van der Waals surface area contributed by atoms with E-state index in [-0.39, 0.29) is 5.56 Å². The smallest absolute Gasteiger partial charge is 0.335 e. The normalized spacial score (nSPS) is 15.2. The van der Waals surface area contributed by atoms with E-state index in [0.717, 1.165) is 11.2 Å². The van der Waals surface area contributed by atoms with Crippen LogP contribution in [0.3, 0.4) is 0 Å². The van der Waals surface area contributed by atoms with Gasteiger partial charge in [-0.25, -0.2) is 14.8 Å². The number of benzene rings is 1. The number of aromatic nitrogens is 2. The van der Waals surface area contributed by atoms with Crippen LogP contribution in [0, 0.1) is 0 Å². The van der Waals surface area contributed by atoms with Crippen LogP contribution in [0.1, 0.15) is 29.6 Å². The molecule has 0 unspecified atom stereocenters. The first-order valence-electron chi connectivity index (χ1n) is 6.37. The minimum Gasteiger partial charge on any atom is -0.478 e. The van der Waals surface area contributed by atoms with E-state index < -0.39 is 5.97 Å². The average Bonchev–Trinajstić information content (AvgIpc) is 2.35. The molecule has 1 heterocycles. The van der Waals surface area contributed by atoms with E-state index in [1.165, 1.54) is 25.6 Å². The van der Waals surface area contributed by atoms with Crippen molar-refractivity contribution in [2.24, 2.45) is 0 Å². The number of fused-ring (bicyclic) bond motifs is 1.